The molecule has 0 aliphatic rings. The first-order chi connectivity index (χ1) is 11.2. The third-order valence-corrected chi connectivity index (χ3v) is 6.43. The van der Waals surface area contributed by atoms with Crippen LogP contribution in [0.2, 0.25) is 0 Å². The SMILES string of the molecule is CCOP(=O)(c1ccccc1)c1cccc2c(OC)cccc12. The second kappa shape index (κ2) is 6.57. The summed E-state index contributed by atoms with van der Waals surface area (Å²) in [6.07, 6.45) is 0. The van der Waals surface area contributed by atoms with Crippen molar-refractivity contribution in [2.24, 2.45) is 0 Å². The average molecular weight is 326 g/mol. The minimum Gasteiger partial charge on any atom is -0.496 e. The third kappa shape index (κ3) is 2.78. The van der Waals surface area contributed by atoms with Crippen LogP contribution in [0.1, 0.15) is 6.92 Å². The van der Waals surface area contributed by atoms with Gasteiger partial charge in [0.2, 0.25) is 0 Å². The van der Waals surface area contributed by atoms with Crippen LogP contribution in [0.4, 0.5) is 0 Å². The van der Waals surface area contributed by atoms with Crippen molar-refractivity contribution in [3.63, 3.8) is 0 Å². The fraction of sp³-hybridized carbons (Fsp3) is 0.158. The zero-order valence-electron chi connectivity index (χ0n) is 13.2. The molecule has 0 radical (unpaired) electrons. The predicted molar refractivity (Wildman–Crippen MR) is 95.4 cm³/mol. The number of rotatable bonds is 5. The first kappa shape index (κ1) is 15.8. The van der Waals surface area contributed by atoms with Crippen LogP contribution in [0.25, 0.3) is 10.8 Å². The van der Waals surface area contributed by atoms with Gasteiger partial charge in [-0.05, 0) is 36.6 Å². The first-order valence-corrected chi connectivity index (χ1v) is 9.19. The smallest absolute Gasteiger partial charge is 0.261 e. The molecule has 3 rings (SSSR count). The topological polar surface area (TPSA) is 35.5 Å². The number of hydrogen-bond donors (Lipinski definition) is 0. The van der Waals surface area contributed by atoms with Crippen molar-refractivity contribution in [1.82, 2.24) is 0 Å². The van der Waals surface area contributed by atoms with Gasteiger partial charge in [0, 0.05) is 16.0 Å². The molecular formula is C19H19O3P. The monoisotopic (exact) mass is 326 g/mol. The highest BCUT2D eigenvalue weighted by Gasteiger charge is 2.30. The predicted octanol–water partition coefficient (Wildman–Crippen LogP) is 4.11. The minimum absolute atomic E-state index is 0.381. The maximum Gasteiger partial charge on any atom is 0.261 e. The summed E-state index contributed by atoms with van der Waals surface area (Å²) < 4.78 is 25.0. The zero-order chi connectivity index (χ0) is 16.3. The van der Waals surface area contributed by atoms with Gasteiger partial charge in [0.1, 0.15) is 5.75 Å². The Morgan fingerprint density at radius 1 is 0.870 bits per heavy atom. The van der Waals surface area contributed by atoms with Gasteiger partial charge in [-0.1, -0.05) is 42.5 Å². The number of hydrogen-bond acceptors (Lipinski definition) is 3. The molecule has 0 bridgehead atoms. The van der Waals surface area contributed by atoms with Crippen LogP contribution < -0.4 is 15.3 Å². The molecule has 0 heterocycles. The van der Waals surface area contributed by atoms with Crippen LogP contribution in [0, 0.1) is 0 Å². The van der Waals surface area contributed by atoms with E-state index in [1.54, 1.807) is 7.11 Å². The molecule has 1 unspecified atom stereocenters. The molecule has 0 N–H and O–H groups in total. The average Bonchev–Trinajstić information content (AvgIpc) is 2.61. The highest BCUT2D eigenvalue weighted by atomic mass is 31.2. The summed E-state index contributed by atoms with van der Waals surface area (Å²) in [6, 6.07) is 20.9. The Kier molecular flexibility index (Phi) is 4.51. The summed E-state index contributed by atoms with van der Waals surface area (Å²) in [7, 11) is -1.52. The van der Waals surface area contributed by atoms with Gasteiger partial charge < -0.3 is 9.26 Å². The zero-order valence-corrected chi connectivity index (χ0v) is 14.1. The minimum atomic E-state index is -3.16. The Hall–Kier alpha value is -2.09. The van der Waals surface area contributed by atoms with E-state index in [1.807, 2.05) is 73.7 Å². The van der Waals surface area contributed by atoms with E-state index in [-0.39, 0.29) is 0 Å². The summed E-state index contributed by atoms with van der Waals surface area (Å²) in [5.74, 6) is 0.764. The molecule has 0 aliphatic carbocycles. The Balaban J connectivity index is 2.30. The van der Waals surface area contributed by atoms with Crippen LogP contribution in [0.3, 0.4) is 0 Å². The van der Waals surface area contributed by atoms with Crippen LogP contribution in [-0.2, 0) is 9.09 Å². The van der Waals surface area contributed by atoms with Gasteiger partial charge in [0.15, 0.2) is 0 Å². The van der Waals surface area contributed by atoms with Gasteiger partial charge in [-0.3, -0.25) is 4.57 Å². The fourth-order valence-corrected chi connectivity index (χ4v) is 5.08. The van der Waals surface area contributed by atoms with Gasteiger partial charge in [-0.15, -0.1) is 0 Å². The van der Waals surface area contributed by atoms with Crippen molar-refractivity contribution in [2.45, 2.75) is 6.92 Å². The Morgan fingerprint density at radius 3 is 2.26 bits per heavy atom. The van der Waals surface area contributed by atoms with E-state index >= 15 is 0 Å². The molecule has 0 aromatic heterocycles. The van der Waals surface area contributed by atoms with Gasteiger partial charge in [-0.25, -0.2) is 0 Å². The summed E-state index contributed by atoms with van der Waals surface area (Å²) in [5.41, 5.74) is 0. The van der Waals surface area contributed by atoms with E-state index in [9.17, 15) is 4.57 Å². The van der Waals surface area contributed by atoms with Crippen LogP contribution >= 0.6 is 7.37 Å². The highest BCUT2D eigenvalue weighted by Crippen LogP contribution is 2.46. The van der Waals surface area contributed by atoms with Gasteiger partial charge in [0.05, 0.1) is 13.7 Å². The van der Waals surface area contributed by atoms with Crippen LogP contribution in [0.5, 0.6) is 5.75 Å². The second-order valence-electron chi connectivity index (χ2n) is 5.14. The van der Waals surface area contributed by atoms with Gasteiger partial charge in [-0.2, -0.15) is 0 Å². The summed E-state index contributed by atoms with van der Waals surface area (Å²) in [5, 5.41) is 3.25. The molecule has 1 atom stereocenters. The van der Waals surface area contributed by atoms with E-state index in [0.29, 0.717) is 17.2 Å². The lowest BCUT2D eigenvalue weighted by molar-refractivity contribution is 0.348. The molecular weight excluding hydrogens is 307 g/mol. The van der Waals surface area contributed by atoms with E-state index in [1.165, 1.54) is 0 Å². The van der Waals surface area contributed by atoms with Crippen molar-refractivity contribution < 1.29 is 13.8 Å². The summed E-state index contributed by atoms with van der Waals surface area (Å²) >= 11 is 0. The maximum atomic E-state index is 13.8. The van der Waals surface area contributed by atoms with Gasteiger partial charge >= 0.3 is 0 Å². The molecule has 0 saturated heterocycles. The molecule has 3 nitrogen and oxygen atoms in total. The summed E-state index contributed by atoms with van der Waals surface area (Å²) in [4.78, 5) is 0. The lowest BCUT2D eigenvalue weighted by Crippen LogP contribution is -2.19. The Labute approximate surface area is 136 Å². The number of fused-ring (bicyclic) bond motifs is 1. The Bertz CT molecular complexity index is 859. The van der Waals surface area contributed by atoms with Crippen molar-refractivity contribution in [1.29, 1.82) is 0 Å². The van der Waals surface area contributed by atoms with E-state index in [4.69, 9.17) is 9.26 Å². The molecule has 0 spiro atoms. The fourth-order valence-electron chi connectivity index (χ4n) is 2.79. The largest absolute Gasteiger partial charge is 0.496 e. The quantitative estimate of drug-likeness (QED) is 0.662. The number of benzene rings is 3. The molecule has 118 valence electrons. The van der Waals surface area contributed by atoms with Crippen molar-refractivity contribution in [3.05, 3.63) is 66.7 Å². The van der Waals surface area contributed by atoms with Crippen molar-refractivity contribution >= 4 is 28.8 Å². The molecule has 0 amide bonds. The number of methoxy groups -OCH3 is 1. The van der Waals surface area contributed by atoms with E-state index in [0.717, 1.165) is 16.5 Å². The van der Waals surface area contributed by atoms with Crippen molar-refractivity contribution in [3.8, 4) is 5.75 Å². The molecule has 4 heteroatoms. The molecule has 0 saturated carbocycles. The third-order valence-electron chi connectivity index (χ3n) is 3.80. The molecule has 3 aromatic carbocycles. The maximum absolute atomic E-state index is 13.8. The lowest BCUT2D eigenvalue weighted by atomic mass is 10.1. The first-order valence-electron chi connectivity index (χ1n) is 7.57. The molecule has 0 fully saturated rings. The normalized spacial score (nSPS) is 13.7. The lowest BCUT2D eigenvalue weighted by Gasteiger charge is -2.20. The molecule has 0 aliphatic heterocycles. The van der Waals surface area contributed by atoms with Crippen LogP contribution in [-0.4, -0.2) is 13.7 Å². The van der Waals surface area contributed by atoms with Crippen molar-refractivity contribution in [2.75, 3.05) is 13.7 Å². The molecule has 3 aromatic rings. The van der Waals surface area contributed by atoms with E-state index < -0.39 is 7.37 Å². The Morgan fingerprint density at radius 2 is 1.57 bits per heavy atom. The standard InChI is InChI=1S/C19H19O3P/c1-3-22-23(20,15-9-5-4-6-10-15)19-14-8-11-16-17(19)12-7-13-18(16)21-2/h4-14H,3H2,1-2H3. The number of ether oxygens (including phenoxy) is 1. The highest BCUT2D eigenvalue weighted by molar-refractivity contribution is 7.74. The molecule has 23 heavy (non-hydrogen) atoms. The summed E-state index contributed by atoms with van der Waals surface area (Å²) in [6.45, 7) is 2.24. The van der Waals surface area contributed by atoms with E-state index in [2.05, 4.69) is 0 Å². The van der Waals surface area contributed by atoms with Crippen LogP contribution in [0.15, 0.2) is 66.7 Å². The second-order valence-corrected chi connectivity index (χ2v) is 7.50. The van der Waals surface area contributed by atoms with Gasteiger partial charge in [0.25, 0.3) is 7.37 Å².